The second-order valence-electron chi connectivity index (χ2n) is 4.81. The van der Waals surface area contributed by atoms with Gasteiger partial charge in [0.2, 0.25) is 0 Å². The van der Waals surface area contributed by atoms with Gasteiger partial charge in [-0.1, -0.05) is 23.9 Å². The third-order valence-electron chi connectivity index (χ3n) is 3.23. The summed E-state index contributed by atoms with van der Waals surface area (Å²) in [5.74, 6) is 1.13. The highest BCUT2D eigenvalue weighted by atomic mass is 32.2. The summed E-state index contributed by atoms with van der Waals surface area (Å²) in [6, 6.07) is 6.39. The van der Waals surface area contributed by atoms with Crippen LogP contribution in [-0.2, 0) is 24.1 Å². The molecule has 6 heteroatoms. The van der Waals surface area contributed by atoms with Gasteiger partial charge in [-0.25, -0.2) is 4.98 Å². The number of ether oxygens (including phenoxy) is 1. The van der Waals surface area contributed by atoms with Crippen LogP contribution in [0.25, 0.3) is 0 Å². The Morgan fingerprint density at radius 2 is 2.38 bits per heavy atom. The number of rotatable bonds is 6. The first kappa shape index (κ1) is 14.4. The van der Waals surface area contributed by atoms with Crippen molar-refractivity contribution in [3.63, 3.8) is 0 Å². The summed E-state index contributed by atoms with van der Waals surface area (Å²) in [5.41, 5.74) is 3.26. The summed E-state index contributed by atoms with van der Waals surface area (Å²) in [7, 11) is 0. The van der Waals surface area contributed by atoms with Gasteiger partial charge in [-0.15, -0.1) is 11.3 Å². The maximum atomic E-state index is 10.6. The molecule has 1 aromatic carbocycles. The van der Waals surface area contributed by atoms with E-state index in [1.165, 1.54) is 22.5 Å². The third kappa shape index (κ3) is 3.77. The molecule has 1 aromatic heterocycles. The number of aromatic nitrogens is 1. The van der Waals surface area contributed by atoms with E-state index in [2.05, 4.69) is 23.2 Å². The Morgan fingerprint density at radius 3 is 3.24 bits per heavy atom. The van der Waals surface area contributed by atoms with Crippen molar-refractivity contribution >= 4 is 29.1 Å². The highest BCUT2D eigenvalue weighted by molar-refractivity contribution is 8.01. The number of nitrogens with zero attached hydrogens (tertiary/aromatic N) is 1. The molecule has 0 fully saturated rings. The molecule has 4 nitrogen and oxygen atoms in total. The Hall–Kier alpha value is -1.53. The summed E-state index contributed by atoms with van der Waals surface area (Å²) in [4.78, 5) is 14.9. The molecule has 1 aliphatic heterocycles. The monoisotopic (exact) mass is 321 g/mol. The standard InChI is InChI=1S/C15H15NO3S2/c17-14(18)8-12-9-21-15(16-12)20-6-4-10-1-2-13-11(7-10)3-5-19-13/h1-2,7,9H,3-6,8H2,(H,17,18). The SMILES string of the molecule is O=C(O)Cc1csc(SCCc2ccc3c(c2)CCO3)n1. The molecule has 3 rings (SSSR count). The predicted octanol–water partition coefficient (Wildman–Crippen LogP) is 3.04. The van der Waals surface area contributed by atoms with Crippen LogP contribution in [0.2, 0.25) is 0 Å². The Kier molecular flexibility index (Phi) is 4.45. The van der Waals surface area contributed by atoms with Gasteiger partial charge in [0.15, 0.2) is 0 Å². The fraction of sp³-hybridized carbons (Fsp3) is 0.333. The van der Waals surface area contributed by atoms with E-state index in [0.29, 0.717) is 5.69 Å². The van der Waals surface area contributed by atoms with E-state index < -0.39 is 5.97 Å². The van der Waals surface area contributed by atoms with Crippen molar-refractivity contribution in [1.82, 2.24) is 4.98 Å². The van der Waals surface area contributed by atoms with Gasteiger partial charge in [-0.3, -0.25) is 4.79 Å². The van der Waals surface area contributed by atoms with Gasteiger partial charge in [0.25, 0.3) is 0 Å². The molecule has 0 unspecified atom stereocenters. The zero-order valence-corrected chi connectivity index (χ0v) is 13.0. The number of benzene rings is 1. The van der Waals surface area contributed by atoms with Crippen molar-refractivity contribution in [1.29, 1.82) is 0 Å². The maximum absolute atomic E-state index is 10.6. The minimum Gasteiger partial charge on any atom is -0.493 e. The van der Waals surface area contributed by atoms with Crippen molar-refractivity contribution in [3.8, 4) is 5.75 Å². The number of aryl methyl sites for hydroxylation is 1. The van der Waals surface area contributed by atoms with Crippen LogP contribution in [0.1, 0.15) is 16.8 Å². The van der Waals surface area contributed by atoms with Gasteiger partial charge in [0.1, 0.15) is 10.1 Å². The smallest absolute Gasteiger partial charge is 0.309 e. The van der Waals surface area contributed by atoms with Crippen LogP contribution in [0, 0.1) is 0 Å². The minimum absolute atomic E-state index is 0.00187. The van der Waals surface area contributed by atoms with E-state index in [1.54, 1.807) is 11.8 Å². The van der Waals surface area contributed by atoms with Gasteiger partial charge in [-0.2, -0.15) is 0 Å². The average molecular weight is 321 g/mol. The van der Waals surface area contributed by atoms with Crippen molar-refractivity contribution in [2.75, 3.05) is 12.4 Å². The lowest BCUT2D eigenvalue weighted by Gasteiger charge is -2.03. The van der Waals surface area contributed by atoms with Crippen LogP contribution in [0.4, 0.5) is 0 Å². The van der Waals surface area contributed by atoms with Crippen LogP contribution in [0.5, 0.6) is 5.75 Å². The Labute approximate surface area is 131 Å². The Morgan fingerprint density at radius 1 is 1.48 bits per heavy atom. The van der Waals surface area contributed by atoms with Gasteiger partial charge < -0.3 is 9.84 Å². The molecule has 0 aliphatic carbocycles. The number of hydrogen-bond acceptors (Lipinski definition) is 5. The first-order chi connectivity index (χ1) is 10.2. The number of aliphatic carboxylic acids is 1. The molecule has 0 radical (unpaired) electrons. The Bertz CT molecular complexity index is 654. The highest BCUT2D eigenvalue weighted by Crippen LogP contribution is 2.28. The molecule has 0 saturated carbocycles. The summed E-state index contributed by atoms with van der Waals surface area (Å²) in [6.45, 7) is 0.791. The third-order valence-corrected chi connectivity index (χ3v) is 5.30. The quantitative estimate of drug-likeness (QED) is 0.829. The molecule has 0 saturated heterocycles. The largest absolute Gasteiger partial charge is 0.493 e. The van der Waals surface area contributed by atoms with Gasteiger partial charge >= 0.3 is 5.97 Å². The average Bonchev–Trinajstić information content (AvgIpc) is 3.06. The minimum atomic E-state index is -0.836. The molecule has 0 bridgehead atoms. The summed E-state index contributed by atoms with van der Waals surface area (Å²) in [6.07, 6.45) is 1.98. The molecule has 0 atom stereocenters. The predicted molar refractivity (Wildman–Crippen MR) is 83.5 cm³/mol. The lowest BCUT2D eigenvalue weighted by Crippen LogP contribution is -1.99. The van der Waals surface area contributed by atoms with Gasteiger partial charge in [0.05, 0.1) is 18.7 Å². The van der Waals surface area contributed by atoms with E-state index in [-0.39, 0.29) is 6.42 Å². The van der Waals surface area contributed by atoms with Crippen molar-refractivity contribution in [2.45, 2.75) is 23.6 Å². The van der Waals surface area contributed by atoms with Crippen LogP contribution < -0.4 is 4.74 Å². The van der Waals surface area contributed by atoms with Crippen LogP contribution >= 0.6 is 23.1 Å². The fourth-order valence-corrected chi connectivity index (χ4v) is 4.15. The Balaban J connectivity index is 1.51. The number of fused-ring (bicyclic) bond motifs is 1. The van der Waals surface area contributed by atoms with Crippen LogP contribution in [0.3, 0.4) is 0 Å². The first-order valence-corrected chi connectivity index (χ1v) is 8.61. The van der Waals surface area contributed by atoms with Crippen molar-refractivity contribution < 1.29 is 14.6 Å². The normalized spacial score (nSPS) is 13.0. The van der Waals surface area contributed by atoms with Crippen LogP contribution in [-0.4, -0.2) is 28.4 Å². The first-order valence-electron chi connectivity index (χ1n) is 6.74. The summed E-state index contributed by atoms with van der Waals surface area (Å²) < 4.78 is 6.44. The molecule has 0 spiro atoms. The summed E-state index contributed by atoms with van der Waals surface area (Å²) >= 11 is 3.19. The molecule has 2 aromatic rings. The molecular weight excluding hydrogens is 306 g/mol. The number of thioether (sulfide) groups is 1. The fourth-order valence-electron chi connectivity index (χ4n) is 2.24. The molecule has 1 N–H and O–H groups in total. The van der Waals surface area contributed by atoms with Gasteiger partial charge in [0, 0.05) is 17.6 Å². The number of carboxylic acid groups (broad SMARTS) is 1. The van der Waals surface area contributed by atoms with E-state index in [9.17, 15) is 4.79 Å². The zero-order chi connectivity index (χ0) is 14.7. The van der Waals surface area contributed by atoms with Crippen molar-refractivity contribution in [2.24, 2.45) is 0 Å². The number of carboxylic acids is 1. The molecular formula is C15H15NO3S2. The lowest BCUT2D eigenvalue weighted by atomic mass is 10.1. The van der Waals surface area contributed by atoms with E-state index in [0.717, 1.165) is 35.3 Å². The lowest BCUT2D eigenvalue weighted by molar-refractivity contribution is -0.136. The van der Waals surface area contributed by atoms with Crippen LogP contribution in [0.15, 0.2) is 27.9 Å². The molecule has 110 valence electrons. The number of hydrogen-bond donors (Lipinski definition) is 1. The van der Waals surface area contributed by atoms with E-state index in [4.69, 9.17) is 9.84 Å². The molecule has 1 aliphatic rings. The van der Waals surface area contributed by atoms with E-state index in [1.807, 2.05) is 5.38 Å². The highest BCUT2D eigenvalue weighted by Gasteiger charge is 2.12. The second kappa shape index (κ2) is 6.49. The zero-order valence-electron chi connectivity index (χ0n) is 11.4. The van der Waals surface area contributed by atoms with E-state index >= 15 is 0 Å². The topological polar surface area (TPSA) is 59.4 Å². The second-order valence-corrected chi connectivity index (χ2v) is 7.01. The molecule has 2 heterocycles. The maximum Gasteiger partial charge on any atom is 0.309 e. The molecule has 21 heavy (non-hydrogen) atoms. The van der Waals surface area contributed by atoms with Crippen molar-refractivity contribution in [3.05, 3.63) is 40.4 Å². The number of carbonyl (C=O) groups is 1. The summed E-state index contributed by atoms with van der Waals surface area (Å²) in [5, 5.41) is 10.5. The molecule has 0 amide bonds. The van der Waals surface area contributed by atoms with Gasteiger partial charge in [-0.05, 0) is 23.6 Å². The number of thiazole rings is 1.